The van der Waals surface area contributed by atoms with Gasteiger partial charge in [0.15, 0.2) is 0 Å². The highest BCUT2D eigenvalue weighted by Gasteiger charge is 2.30. The molecule has 1 aromatic heterocycles. The summed E-state index contributed by atoms with van der Waals surface area (Å²) in [6.45, 7) is 0.666. The van der Waals surface area contributed by atoms with Crippen LogP contribution in [-0.2, 0) is 4.79 Å². The van der Waals surface area contributed by atoms with Crippen LogP contribution in [0.25, 0.3) is 0 Å². The smallest absolute Gasteiger partial charge is 0.326 e. The Balaban J connectivity index is 2.30. The quantitative estimate of drug-likeness (QED) is 0.781. The van der Waals surface area contributed by atoms with Crippen LogP contribution < -0.4 is 10.6 Å². The fourth-order valence-corrected chi connectivity index (χ4v) is 2.07. The summed E-state index contributed by atoms with van der Waals surface area (Å²) in [5.74, 6) is -1.46. The third-order valence-corrected chi connectivity index (χ3v) is 2.87. The van der Waals surface area contributed by atoms with E-state index in [9.17, 15) is 9.59 Å². The molecule has 0 radical (unpaired) electrons. The summed E-state index contributed by atoms with van der Waals surface area (Å²) in [7, 11) is 0. The van der Waals surface area contributed by atoms with Gasteiger partial charge < -0.3 is 15.7 Å². The lowest BCUT2D eigenvalue weighted by atomic mass is 10.2. The van der Waals surface area contributed by atoms with Crippen molar-refractivity contribution in [2.24, 2.45) is 5.73 Å². The molecule has 6 heteroatoms. The predicted molar refractivity (Wildman–Crippen MR) is 60.8 cm³/mol. The fourth-order valence-electron chi connectivity index (χ4n) is 2.07. The Kier molecular flexibility index (Phi) is 2.95. The van der Waals surface area contributed by atoms with Crippen molar-refractivity contribution < 1.29 is 14.7 Å². The van der Waals surface area contributed by atoms with Crippen molar-refractivity contribution in [1.82, 2.24) is 4.98 Å². The molecule has 1 atom stereocenters. The highest BCUT2D eigenvalue weighted by Crippen LogP contribution is 2.25. The molecule has 0 spiro atoms. The van der Waals surface area contributed by atoms with E-state index >= 15 is 0 Å². The van der Waals surface area contributed by atoms with Crippen LogP contribution in [0.5, 0.6) is 0 Å². The number of pyridine rings is 1. The summed E-state index contributed by atoms with van der Waals surface area (Å²) in [4.78, 5) is 27.7. The molecule has 1 unspecified atom stereocenters. The Morgan fingerprint density at radius 1 is 1.53 bits per heavy atom. The normalized spacial score (nSPS) is 19.3. The van der Waals surface area contributed by atoms with Gasteiger partial charge in [0.25, 0.3) is 5.91 Å². The first-order valence-corrected chi connectivity index (χ1v) is 5.35. The molecular weight excluding hydrogens is 222 g/mol. The number of carboxylic acids is 1. The monoisotopic (exact) mass is 235 g/mol. The number of carboxylic acid groups (broad SMARTS) is 1. The Morgan fingerprint density at radius 2 is 2.29 bits per heavy atom. The number of aliphatic carboxylic acids is 1. The number of hydrogen-bond acceptors (Lipinski definition) is 4. The van der Waals surface area contributed by atoms with Crippen LogP contribution in [0, 0.1) is 0 Å². The van der Waals surface area contributed by atoms with Crippen LogP contribution in [0.3, 0.4) is 0 Å². The second kappa shape index (κ2) is 4.40. The standard InChI is InChI=1S/C11H13N3O3/c12-10(15)8-6-7(3-4-13-8)14-5-1-2-9(14)11(16)17/h3-4,6,9H,1-2,5H2,(H2,12,15)(H,16,17). The Labute approximate surface area is 98.1 Å². The zero-order valence-electron chi connectivity index (χ0n) is 9.17. The summed E-state index contributed by atoms with van der Waals surface area (Å²) < 4.78 is 0. The first kappa shape index (κ1) is 11.4. The van der Waals surface area contributed by atoms with Crippen molar-refractivity contribution >= 4 is 17.6 Å². The maximum absolute atomic E-state index is 11.1. The van der Waals surface area contributed by atoms with Crippen LogP contribution in [0.15, 0.2) is 18.3 Å². The average Bonchev–Trinajstić information content (AvgIpc) is 2.78. The van der Waals surface area contributed by atoms with Gasteiger partial charge in [-0.3, -0.25) is 9.78 Å². The predicted octanol–water partition coefficient (Wildman–Crippen LogP) is 0.234. The second-order valence-electron chi connectivity index (χ2n) is 3.95. The van der Waals surface area contributed by atoms with E-state index < -0.39 is 17.9 Å². The highest BCUT2D eigenvalue weighted by molar-refractivity contribution is 5.92. The molecule has 1 aromatic rings. The molecule has 0 aromatic carbocycles. The molecule has 1 fully saturated rings. The number of carbonyl (C=O) groups is 2. The minimum Gasteiger partial charge on any atom is -0.480 e. The summed E-state index contributed by atoms with van der Waals surface area (Å²) in [5, 5.41) is 9.07. The van der Waals surface area contributed by atoms with Gasteiger partial charge in [-0.15, -0.1) is 0 Å². The number of nitrogens with two attached hydrogens (primary N) is 1. The lowest BCUT2D eigenvalue weighted by molar-refractivity contribution is -0.138. The van der Waals surface area contributed by atoms with Gasteiger partial charge in [0.05, 0.1) is 0 Å². The number of carbonyl (C=O) groups excluding carboxylic acids is 1. The third-order valence-electron chi connectivity index (χ3n) is 2.87. The van der Waals surface area contributed by atoms with Crippen molar-refractivity contribution in [2.75, 3.05) is 11.4 Å². The number of amides is 1. The van der Waals surface area contributed by atoms with E-state index in [0.29, 0.717) is 18.7 Å². The molecule has 0 aliphatic carbocycles. The molecule has 1 aliphatic rings. The number of aromatic nitrogens is 1. The molecule has 1 amide bonds. The van der Waals surface area contributed by atoms with Crippen molar-refractivity contribution in [2.45, 2.75) is 18.9 Å². The number of hydrogen-bond donors (Lipinski definition) is 2. The SMILES string of the molecule is NC(=O)c1cc(N2CCCC2C(=O)O)ccn1. The van der Waals surface area contributed by atoms with E-state index in [1.54, 1.807) is 11.0 Å². The molecule has 2 rings (SSSR count). The first-order chi connectivity index (χ1) is 8.09. The van der Waals surface area contributed by atoms with Gasteiger partial charge in [-0.05, 0) is 25.0 Å². The summed E-state index contributed by atoms with van der Waals surface area (Å²) >= 11 is 0. The molecule has 0 saturated carbocycles. The number of nitrogens with zero attached hydrogens (tertiary/aromatic N) is 2. The van der Waals surface area contributed by atoms with E-state index in [1.165, 1.54) is 12.3 Å². The lowest BCUT2D eigenvalue weighted by Crippen LogP contribution is -2.36. The van der Waals surface area contributed by atoms with Gasteiger partial charge in [-0.2, -0.15) is 0 Å². The van der Waals surface area contributed by atoms with Gasteiger partial charge in [0.2, 0.25) is 0 Å². The second-order valence-corrected chi connectivity index (χ2v) is 3.95. The van der Waals surface area contributed by atoms with Gasteiger partial charge in [0.1, 0.15) is 11.7 Å². The third kappa shape index (κ3) is 2.20. The van der Waals surface area contributed by atoms with E-state index in [-0.39, 0.29) is 5.69 Å². The number of rotatable bonds is 3. The van der Waals surface area contributed by atoms with Crippen LogP contribution in [0.2, 0.25) is 0 Å². The van der Waals surface area contributed by atoms with Gasteiger partial charge >= 0.3 is 5.97 Å². The number of anilines is 1. The first-order valence-electron chi connectivity index (χ1n) is 5.35. The summed E-state index contributed by atoms with van der Waals surface area (Å²) in [6, 6.07) is 2.69. The Morgan fingerprint density at radius 3 is 2.94 bits per heavy atom. The Hall–Kier alpha value is -2.11. The van der Waals surface area contributed by atoms with Crippen molar-refractivity contribution in [3.05, 3.63) is 24.0 Å². The van der Waals surface area contributed by atoms with Crippen molar-refractivity contribution in [1.29, 1.82) is 0 Å². The van der Waals surface area contributed by atoms with Crippen molar-refractivity contribution in [3.8, 4) is 0 Å². The van der Waals surface area contributed by atoms with Gasteiger partial charge in [0, 0.05) is 18.4 Å². The molecule has 0 bridgehead atoms. The van der Waals surface area contributed by atoms with Crippen molar-refractivity contribution in [3.63, 3.8) is 0 Å². The van der Waals surface area contributed by atoms with Gasteiger partial charge in [-0.1, -0.05) is 0 Å². The average molecular weight is 235 g/mol. The van der Waals surface area contributed by atoms with E-state index in [1.807, 2.05) is 0 Å². The zero-order chi connectivity index (χ0) is 12.4. The van der Waals surface area contributed by atoms with Crippen LogP contribution in [0.4, 0.5) is 5.69 Å². The molecule has 2 heterocycles. The zero-order valence-corrected chi connectivity index (χ0v) is 9.17. The van der Waals surface area contributed by atoms with E-state index in [4.69, 9.17) is 10.8 Å². The minimum atomic E-state index is -0.847. The Bertz CT molecular complexity index is 461. The largest absolute Gasteiger partial charge is 0.480 e. The maximum atomic E-state index is 11.1. The molecular formula is C11H13N3O3. The lowest BCUT2D eigenvalue weighted by Gasteiger charge is -2.23. The molecule has 1 saturated heterocycles. The van der Waals surface area contributed by atoms with Gasteiger partial charge in [-0.25, -0.2) is 4.79 Å². The molecule has 90 valence electrons. The molecule has 17 heavy (non-hydrogen) atoms. The van der Waals surface area contributed by atoms with Crippen LogP contribution >= 0.6 is 0 Å². The minimum absolute atomic E-state index is 0.151. The molecule has 6 nitrogen and oxygen atoms in total. The summed E-state index contributed by atoms with van der Waals surface area (Å²) in [6.07, 6.45) is 2.90. The summed E-state index contributed by atoms with van der Waals surface area (Å²) in [5.41, 5.74) is 5.97. The molecule has 3 N–H and O–H groups in total. The van der Waals surface area contributed by atoms with E-state index in [2.05, 4.69) is 4.98 Å². The van der Waals surface area contributed by atoms with Crippen LogP contribution in [0.1, 0.15) is 23.3 Å². The maximum Gasteiger partial charge on any atom is 0.326 e. The molecule has 1 aliphatic heterocycles. The van der Waals surface area contributed by atoms with Crippen LogP contribution in [-0.4, -0.2) is 34.6 Å². The van der Waals surface area contributed by atoms with E-state index in [0.717, 1.165) is 6.42 Å². The topological polar surface area (TPSA) is 96.5 Å². The number of primary amides is 1. The fraction of sp³-hybridized carbons (Fsp3) is 0.364. The highest BCUT2D eigenvalue weighted by atomic mass is 16.4.